The molecule has 0 aromatic rings. The van der Waals surface area contributed by atoms with Gasteiger partial charge in [-0.1, -0.05) is 201 Å². The Morgan fingerprint density at radius 1 is 0.425 bits per heavy atom. The third-order valence-corrected chi connectivity index (χ3v) is 8.82. The van der Waals surface area contributed by atoms with Crippen LogP contribution in [0.15, 0.2) is 0 Å². The molecular formula is C38H76O2. The smallest absolute Gasteiger partial charge is 0.308 e. The molecule has 0 saturated heterocycles. The number of carbonyl (C=O) groups is 1. The highest BCUT2D eigenvalue weighted by Crippen LogP contribution is 2.21. The summed E-state index contributed by atoms with van der Waals surface area (Å²) in [6, 6.07) is 0. The lowest BCUT2D eigenvalue weighted by Crippen LogP contribution is -2.18. The van der Waals surface area contributed by atoms with Crippen molar-refractivity contribution in [2.75, 3.05) is 6.61 Å². The molecule has 0 aromatic heterocycles. The second-order valence-electron chi connectivity index (χ2n) is 13.5. The van der Waals surface area contributed by atoms with Crippen molar-refractivity contribution >= 4 is 5.97 Å². The molecule has 1 unspecified atom stereocenters. The SMILES string of the molecule is CCCCCCCCCCC(CCCCCCCC)C(=O)OCCCCCCCCCCCCCCCC(C)C. The molecule has 0 bridgehead atoms. The van der Waals surface area contributed by atoms with E-state index < -0.39 is 0 Å². The normalized spacial score (nSPS) is 12.3. The fourth-order valence-corrected chi connectivity index (χ4v) is 5.97. The third kappa shape index (κ3) is 30.4. The molecule has 0 rings (SSSR count). The van der Waals surface area contributed by atoms with Gasteiger partial charge in [-0.3, -0.25) is 4.79 Å². The number of ether oxygens (including phenoxy) is 1. The van der Waals surface area contributed by atoms with E-state index in [0.717, 1.165) is 25.2 Å². The summed E-state index contributed by atoms with van der Waals surface area (Å²) < 4.78 is 5.80. The molecule has 0 aromatic carbocycles. The Morgan fingerprint density at radius 3 is 1.07 bits per heavy atom. The Hall–Kier alpha value is -0.530. The Bertz CT molecular complexity index is 486. The molecule has 1 atom stereocenters. The number of hydrogen-bond acceptors (Lipinski definition) is 2. The lowest BCUT2D eigenvalue weighted by atomic mass is 9.94. The van der Waals surface area contributed by atoms with Gasteiger partial charge < -0.3 is 4.74 Å². The maximum Gasteiger partial charge on any atom is 0.308 e. The van der Waals surface area contributed by atoms with Gasteiger partial charge in [0, 0.05) is 0 Å². The van der Waals surface area contributed by atoms with Gasteiger partial charge in [-0.2, -0.15) is 0 Å². The summed E-state index contributed by atoms with van der Waals surface area (Å²) in [6.07, 6.45) is 39.7. The van der Waals surface area contributed by atoms with Crippen molar-refractivity contribution < 1.29 is 9.53 Å². The van der Waals surface area contributed by atoms with Crippen molar-refractivity contribution in [3.63, 3.8) is 0 Å². The molecule has 2 nitrogen and oxygen atoms in total. The molecule has 0 aliphatic rings. The molecule has 0 fully saturated rings. The number of hydrogen-bond donors (Lipinski definition) is 0. The van der Waals surface area contributed by atoms with Crippen LogP contribution in [0.3, 0.4) is 0 Å². The maximum atomic E-state index is 12.9. The van der Waals surface area contributed by atoms with E-state index in [0.29, 0.717) is 6.61 Å². The summed E-state index contributed by atoms with van der Waals surface area (Å²) in [5.41, 5.74) is 0. The molecule has 240 valence electrons. The molecule has 0 spiro atoms. The highest BCUT2D eigenvalue weighted by atomic mass is 16.5. The highest BCUT2D eigenvalue weighted by molar-refractivity contribution is 5.72. The van der Waals surface area contributed by atoms with Crippen molar-refractivity contribution in [1.82, 2.24) is 0 Å². The van der Waals surface area contributed by atoms with E-state index in [1.165, 1.54) is 173 Å². The Labute approximate surface area is 254 Å². The Balaban J connectivity index is 3.82. The first-order valence-electron chi connectivity index (χ1n) is 18.8. The van der Waals surface area contributed by atoms with Crippen LogP contribution < -0.4 is 0 Å². The van der Waals surface area contributed by atoms with Gasteiger partial charge in [0.1, 0.15) is 0 Å². The average Bonchev–Trinajstić information content (AvgIpc) is 2.94. The Morgan fingerprint density at radius 2 is 0.725 bits per heavy atom. The average molecular weight is 565 g/mol. The van der Waals surface area contributed by atoms with Gasteiger partial charge in [-0.15, -0.1) is 0 Å². The lowest BCUT2D eigenvalue weighted by molar-refractivity contribution is -0.149. The molecule has 0 aliphatic heterocycles. The van der Waals surface area contributed by atoms with Crippen LogP contribution in [0.4, 0.5) is 0 Å². The van der Waals surface area contributed by atoms with Crippen LogP contribution in [0.25, 0.3) is 0 Å². The zero-order valence-electron chi connectivity index (χ0n) is 28.4. The molecule has 40 heavy (non-hydrogen) atoms. The zero-order valence-corrected chi connectivity index (χ0v) is 28.4. The molecule has 0 saturated carbocycles. The van der Waals surface area contributed by atoms with E-state index in [9.17, 15) is 4.79 Å². The first kappa shape index (κ1) is 39.5. The summed E-state index contributed by atoms with van der Waals surface area (Å²) in [5.74, 6) is 1.12. The van der Waals surface area contributed by atoms with Crippen LogP contribution in [-0.2, 0) is 9.53 Å². The minimum Gasteiger partial charge on any atom is -0.465 e. The molecule has 2 heteroatoms. The van der Waals surface area contributed by atoms with E-state index in [2.05, 4.69) is 27.7 Å². The molecule has 0 amide bonds. The number of unbranched alkanes of at least 4 members (excludes halogenated alkanes) is 24. The summed E-state index contributed by atoms with van der Waals surface area (Å²) in [4.78, 5) is 12.9. The van der Waals surface area contributed by atoms with Gasteiger partial charge in [0.15, 0.2) is 0 Å². The second-order valence-corrected chi connectivity index (χ2v) is 13.5. The fraction of sp³-hybridized carbons (Fsp3) is 0.974. The van der Waals surface area contributed by atoms with Gasteiger partial charge in [0.25, 0.3) is 0 Å². The van der Waals surface area contributed by atoms with E-state index in [1.54, 1.807) is 0 Å². The van der Waals surface area contributed by atoms with Crippen LogP contribution in [0.1, 0.15) is 220 Å². The highest BCUT2D eigenvalue weighted by Gasteiger charge is 2.19. The molecule has 0 N–H and O–H groups in total. The summed E-state index contributed by atoms with van der Waals surface area (Å²) in [6.45, 7) is 9.86. The number of carbonyl (C=O) groups excluding carboxylic acids is 1. The van der Waals surface area contributed by atoms with Gasteiger partial charge in [-0.05, 0) is 25.2 Å². The van der Waals surface area contributed by atoms with E-state index in [1.807, 2.05) is 0 Å². The maximum absolute atomic E-state index is 12.9. The van der Waals surface area contributed by atoms with E-state index in [-0.39, 0.29) is 11.9 Å². The van der Waals surface area contributed by atoms with Crippen molar-refractivity contribution in [1.29, 1.82) is 0 Å². The van der Waals surface area contributed by atoms with Crippen LogP contribution in [0.2, 0.25) is 0 Å². The van der Waals surface area contributed by atoms with Crippen molar-refractivity contribution in [3.05, 3.63) is 0 Å². The first-order chi connectivity index (χ1) is 19.6. The van der Waals surface area contributed by atoms with Crippen molar-refractivity contribution in [2.24, 2.45) is 11.8 Å². The van der Waals surface area contributed by atoms with E-state index in [4.69, 9.17) is 4.74 Å². The van der Waals surface area contributed by atoms with Gasteiger partial charge in [-0.25, -0.2) is 0 Å². The quantitative estimate of drug-likeness (QED) is 0.0585. The minimum absolute atomic E-state index is 0.108. The van der Waals surface area contributed by atoms with Crippen molar-refractivity contribution in [2.45, 2.75) is 220 Å². The van der Waals surface area contributed by atoms with Crippen molar-refractivity contribution in [3.8, 4) is 0 Å². The molecular weight excluding hydrogens is 488 g/mol. The van der Waals surface area contributed by atoms with E-state index >= 15 is 0 Å². The summed E-state index contributed by atoms with van der Waals surface area (Å²) >= 11 is 0. The number of esters is 1. The fourth-order valence-electron chi connectivity index (χ4n) is 5.97. The predicted molar refractivity (Wildman–Crippen MR) is 179 cm³/mol. The Kier molecular flexibility index (Phi) is 32.5. The zero-order chi connectivity index (χ0) is 29.4. The van der Waals surface area contributed by atoms with Crippen LogP contribution in [0.5, 0.6) is 0 Å². The minimum atomic E-state index is 0.108. The number of rotatable bonds is 33. The largest absolute Gasteiger partial charge is 0.465 e. The first-order valence-corrected chi connectivity index (χ1v) is 18.8. The van der Waals surface area contributed by atoms with Gasteiger partial charge in [0.05, 0.1) is 12.5 Å². The lowest BCUT2D eigenvalue weighted by Gasteiger charge is -2.16. The predicted octanol–water partition coefficient (Wildman–Crippen LogP) is 13.5. The third-order valence-electron chi connectivity index (χ3n) is 8.82. The summed E-state index contributed by atoms with van der Waals surface area (Å²) in [5, 5.41) is 0. The monoisotopic (exact) mass is 565 g/mol. The van der Waals surface area contributed by atoms with Crippen LogP contribution >= 0.6 is 0 Å². The molecule has 0 aliphatic carbocycles. The van der Waals surface area contributed by atoms with Gasteiger partial charge >= 0.3 is 5.97 Å². The van der Waals surface area contributed by atoms with Gasteiger partial charge in [0.2, 0.25) is 0 Å². The second kappa shape index (κ2) is 33.0. The molecule has 0 radical (unpaired) electrons. The standard InChI is InChI=1S/C38H76O2/c1-5-7-9-11-13-22-26-30-34-37(33-29-25-12-10-8-6-2)38(39)40-35-31-27-23-20-18-16-14-15-17-19-21-24-28-32-36(3)4/h36-37H,5-35H2,1-4H3. The van der Waals surface area contributed by atoms with Crippen LogP contribution in [-0.4, -0.2) is 12.6 Å². The summed E-state index contributed by atoms with van der Waals surface area (Å²) in [7, 11) is 0. The van der Waals surface area contributed by atoms with Crippen LogP contribution in [0, 0.1) is 11.8 Å². The molecule has 0 heterocycles. The topological polar surface area (TPSA) is 26.3 Å².